The molecule has 4 heteroatoms. The predicted octanol–water partition coefficient (Wildman–Crippen LogP) is 3.89. The molecule has 0 amide bonds. The molecule has 0 aromatic carbocycles. The first-order valence-corrected chi connectivity index (χ1v) is 8.26. The normalized spacial score (nSPS) is 25.5. The Balaban J connectivity index is 1.91. The highest BCUT2D eigenvalue weighted by molar-refractivity contribution is 8.85. The van der Waals surface area contributed by atoms with Crippen LogP contribution in [0.1, 0.15) is 19.8 Å². The van der Waals surface area contributed by atoms with Crippen LogP contribution in [-0.2, 0) is 0 Å². The molecule has 1 saturated heterocycles. The van der Waals surface area contributed by atoms with Crippen LogP contribution in [0.5, 0.6) is 0 Å². The van der Waals surface area contributed by atoms with Crippen LogP contribution in [0.3, 0.4) is 0 Å². The highest BCUT2D eigenvalue weighted by Gasteiger charge is 2.16. The van der Waals surface area contributed by atoms with Crippen molar-refractivity contribution in [3.8, 4) is 0 Å². The van der Waals surface area contributed by atoms with Crippen molar-refractivity contribution in [2.45, 2.75) is 24.3 Å². The summed E-state index contributed by atoms with van der Waals surface area (Å²) in [4.78, 5) is 0. The van der Waals surface area contributed by atoms with Gasteiger partial charge in [-0.05, 0) is 12.8 Å². The summed E-state index contributed by atoms with van der Waals surface area (Å²) in [5, 5.41) is 0. The second-order valence-electron chi connectivity index (χ2n) is 2.05. The topological polar surface area (TPSA) is 0 Å². The lowest BCUT2D eigenvalue weighted by molar-refractivity contribution is 1.10. The maximum absolute atomic E-state index is 2.24. The van der Waals surface area contributed by atoms with E-state index in [2.05, 4.69) is 28.5 Å². The Labute approximate surface area is 78.9 Å². The lowest BCUT2D eigenvalue weighted by atomic mass is 10.6. The van der Waals surface area contributed by atoms with Gasteiger partial charge in [-0.1, -0.05) is 50.1 Å². The van der Waals surface area contributed by atoms with Crippen LogP contribution in [-0.4, -0.2) is 16.1 Å². The van der Waals surface area contributed by atoms with Gasteiger partial charge in [-0.25, -0.2) is 0 Å². The van der Waals surface area contributed by atoms with Crippen molar-refractivity contribution in [3.63, 3.8) is 0 Å². The first-order chi connectivity index (χ1) is 4.93. The smallest absolute Gasteiger partial charge is 0.0717 e. The van der Waals surface area contributed by atoms with Crippen LogP contribution in [0.2, 0.25) is 0 Å². The molecule has 1 fully saturated rings. The van der Waals surface area contributed by atoms with E-state index in [-0.39, 0.29) is 0 Å². The van der Waals surface area contributed by atoms with Crippen LogP contribution in [0, 0.1) is 0 Å². The van der Waals surface area contributed by atoms with Crippen molar-refractivity contribution in [2.75, 3.05) is 11.5 Å². The average molecular weight is 212 g/mol. The average Bonchev–Trinajstić information content (AvgIpc) is 2.41. The molecule has 0 bridgehead atoms. The SMILES string of the molecule is CCCSSC1CCSS1. The summed E-state index contributed by atoms with van der Waals surface area (Å²) in [5.41, 5.74) is 0. The van der Waals surface area contributed by atoms with Crippen LogP contribution < -0.4 is 0 Å². The second kappa shape index (κ2) is 5.98. The summed E-state index contributed by atoms with van der Waals surface area (Å²) in [6.07, 6.45) is 2.71. The van der Waals surface area contributed by atoms with Gasteiger partial charge in [0.1, 0.15) is 0 Å². The summed E-state index contributed by atoms with van der Waals surface area (Å²) in [7, 11) is 8.17. The van der Waals surface area contributed by atoms with E-state index in [0.29, 0.717) is 0 Å². The van der Waals surface area contributed by atoms with E-state index in [1.54, 1.807) is 0 Å². The predicted molar refractivity (Wildman–Crippen MR) is 58.8 cm³/mol. The number of hydrogen-bond donors (Lipinski definition) is 0. The maximum atomic E-state index is 2.24. The van der Waals surface area contributed by atoms with Gasteiger partial charge in [0, 0.05) is 11.5 Å². The molecule has 0 aromatic heterocycles. The molecule has 0 radical (unpaired) electrons. The Morgan fingerprint density at radius 3 is 3.10 bits per heavy atom. The van der Waals surface area contributed by atoms with E-state index in [1.807, 2.05) is 21.6 Å². The Kier molecular flexibility index (Phi) is 5.67. The van der Waals surface area contributed by atoms with E-state index in [1.165, 1.54) is 24.3 Å². The molecule has 0 aliphatic carbocycles. The monoisotopic (exact) mass is 212 g/mol. The zero-order valence-electron chi connectivity index (χ0n) is 6.04. The zero-order valence-corrected chi connectivity index (χ0v) is 9.30. The largest absolute Gasteiger partial charge is 0.0930 e. The molecule has 1 aliphatic rings. The zero-order chi connectivity index (χ0) is 7.23. The molecule has 0 aromatic rings. The third kappa shape index (κ3) is 3.69. The summed E-state index contributed by atoms with van der Waals surface area (Å²) in [5.74, 6) is 2.67. The Morgan fingerprint density at radius 2 is 2.50 bits per heavy atom. The van der Waals surface area contributed by atoms with Crippen molar-refractivity contribution in [2.24, 2.45) is 0 Å². The number of hydrogen-bond acceptors (Lipinski definition) is 4. The third-order valence-corrected chi connectivity index (χ3v) is 7.74. The Morgan fingerprint density at radius 1 is 1.60 bits per heavy atom. The van der Waals surface area contributed by atoms with Gasteiger partial charge in [-0.2, -0.15) is 0 Å². The molecule has 1 unspecified atom stereocenters. The third-order valence-electron chi connectivity index (χ3n) is 1.08. The van der Waals surface area contributed by atoms with E-state index >= 15 is 0 Å². The van der Waals surface area contributed by atoms with E-state index < -0.39 is 0 Å². The van der Waals surface area contributed by atoms with Crippen LogP contribution in [0.25, 0.3) is 0 Å². The van der Waals surface area contributed by atoms with Gasteiger partial charge in [0.05, 0.1) is 4.58 Å². The summed E-state index contributed by atoms with van der Waals surface area (Å²) in [6.45, 7) is 2.24. The molecule has 1 aliphatic heterocycles. The van der Waals surface area contributed by atoms with E-state index in [0.717, 1.165) is 4.58 Å². The van der Waals surface area contributed by atoms with Crippen molar-refractivity contribution >= 4 is 43.2 Å². The van der Waals surface area contributed by atoms with Crippen molar-refractivity contribution in [3.05, 3.63) is 0 Å². The molecule has 0 nitrogen and oxygen atoms in total. The molecule has 1 atom stereocenters. The summed E-state index contributed by atoms with van der Waals surface area (Å²) in [6, 6.07) is 0. The quantitative estimate of drug-likeness (QED) is 0.512. The molecule has 1 rings (SSSR count). The Bertz CT molecular complexity index is 79.8. The van der Waals surface area contributed by atoms with E-state index in [4.69, 9.17) is 0 Å². The van der Waals surface area contributed by atoms with Gasteiger partial charge in [-0.3, -0.25) is 0 Å². The van der Waals surface area contributed by atoms with Gasteiger partial charge < -0.3 is 0 Å². The number of rotatable bonds is 4. The van der Waals surface area contributed by atoms with Gasteiger partial charge in [0.15, 0.2) is 0 Å². The summed E-state index contributed by atoms with van der Waals surface area (Å²) >= 11 is 0. The fourth-order valence-corrected chi connectivity index (χ4v) is 7.45. The second-order valence-corrected chi connectivity index (χ2v) is 7.73. The lowest BCUT2D eigenvalue weighted by Crippen LogP contribution is -1.86. The van der Waals surface area contributed by atoms with Gasteiger partial charge in [0.2, 0.25) is 0 Å². The fraction of sp³-hybridized carbons (Fsp3) is 1.00. The molecule has 0 saturated carbocycles. The fourth-order valence-electron chi connectivity index (χ4n) is 0.588. The molecule has 60 valence electrons. The molecule has 10 heavy (non-hydrogen) atoms. The van der Waals surface area contributed by atoms with Crippen molar-refractivity contribution < 1.29 is 0 Å². The maximum Gasteiger partial charge on any atom is 0.0717 e. The Hall–Kier alpha value is 1.40. The van der Waals surface area contributed by atoms with Gasteiger partial charge in [0.25, 0.3) is 0 Å². The van der Waals surface area contributed by atoms with Crippen LogP contribution in [0.4, 0.5) is 0 Å². The highest BCUT2D eigenvalue weighted by Crippen LogP contribution is 2.47. The molecule has 0 N–H and O–H groups in total. The van der Waals surface area contributed by atoms with Crippen LogP contribution in [0.15, 0.2) is 0 Å². The molecular formula is C6H12S4. The molecule has 1 heterocycles. The van der Waals surface area contributed by atoms with Gasteiger partial charge >= 0.3 is 0 Å². The lowest BCUT2D eigenvalue weighted by Gasteiger charge is -2.03. The minimum absolute atomic E-state index is 0.876. The van der Waals surface area contributed by atoms with Crippen LogP contribution >= 0.6 is 43.2 Å². The minimum atomic E-state index is 0.876. The van der Waals surface area contributed by atoms with E-state index in [9.17, 15) is 0 Å². The van der Waals surface area contributed by atoms with Gasteiger partial charge in [-0.15, -0.1) is 0 Å². The first kappa shape index (κ1) is 9.49. The highest BCUT2D eigenvalue weighted by atomic mass is 33.1. The first-order valence-electron chi connectivity index (χ1n) is 3.50. The molecule has 0 spiro atoms. The summed E-state index contributed by atoms with van der Waals surface area (Å²) < 4.78 is 0.876. The van der Waals surface area contributed by atoms with Crippen molar-refractivity contribution in [1.29, 1.82) is 0 Å². The minimum Gasteiger partial charge on any atom is -0.0930 e. The molecular weight excluding hydrogens is 200 g/mol. The standard InChI is InChI=1S/C6H12S4/c1-2-4-7-9-6-3-5-8-10-6/h6H,2-5H2,1H3. The van der Waals surface area contributed by atoms with Crippen molar-refractivity contribution in [1.82, 2.24) is 0 Å².